The standard InChI is InChI=1S/C23H24N4O2/c1-15-10-18-11-20(4-5-21(18)26-15)29-23-25-13-17-2-3-19(12-22(17)27-23)28-14-16-6-8-24-9-7-16/h2-5,10-13,16,24,26H,6-9,14H2,1H3. The zero-order chi connectivity index (χ0) is 19.6. The van der Waals surface area contributed by atoms with E-state index in [1.807, 2.05) is 43.3 Å². The fourth-order valence-electron chi connectivity index (χ4n) is 3.81. The zero-order valence-corrected chi connectivity index (χ0v) is 16.4. The van der Waals surface area contributed by atoms with Crippen LogP contribution in [0.15, 0.2) is 48.7 Å². The average Bonchev–Trinajstić information content (AvgIpc) is 3.12. The largest absolute Gasteiger partial charge is 0.493 e. The quantitative estimate of drug-likeness (QED) is 0.523. The van der Waals surface area contributed by atoms with Gasteiger partial charge in [0.05, 0.1) is 12.1 Å². The molecule has 148 valence electrons. The SMILES string of the molecule is Cc1cc2cc(Oc3ncc4ccc(OCC5CCNCC5)cc4n3)ccc2[nH]1. The van der Waals surface area contributed by atoms with Crippen molar-refractivity contribution in [3.8, 4) is 17.5 Å². The summed E-state index contributed by atoms with van der Waals surface area (Å²) in [6.45, 7) is 4.94. The molecule has 0 amide bonds. The molecule has 6 nitrogen and oxygen atoms in total. The first-order valence-electron chi connectivity index (χ1n) is 10.1. The molecule has 4 aromatic rings. The van der Waals surface area contributed by atoms with Crippen LogP contribution in [0.1, 0.15) is 18.5 Å². The second-order valence-corrected chi connectivity index (χ2v) is 7.68. The molecular formula is C23H24N4O2. The monoisotopic (exact) mass is 388 g/mol. The number of hydrogen-bond acceptors (Lipinski definition) is 5. The van der Waals surface area contributed by atoms with E-state index < -0.39 is 0 Å². The molecule has 0 radical (unpaired) electrons. The van der Waals surface area contributed by atoms with Crippen molar-refractivity contribution in [3.05, 3.63) is 54.4 Å². The molecular weight excluding hydrogens is 364 g/mol. The van der Waals surface area contributed by atoms with E-state index in [1.165, 1.54) is 12.8 Å². The number of aromatic amines is 1. The minimum atomic E-state index is 0.333. The summed E-state index contributed by atoms with van der Waals surface area (Å²) >= 11 is 0. The smallest absolute Gasteiger partial charge is 0.322 e. The van der Waals surface area contributed by atoms with Gasteiger partial charge in [-0.1, -0.05) is 0 Å². The predicted molar refractivity (Wildman–Crippen MR) is 114 cm³/mol. The van der Waals surface area contributed by atoms with Crippen molar-refractivity contribution in [3.63, 3.8) is 0 Å². The Hall–Kier alpha value is -3.12. The third-order valence-electron chi connectivity index (χ3n) is 5.41. The summed E-state index contributed by atoms with van der Waals surface area (Å²) in [4.78, 5) is 12.2. The second-order valence-electron chi connectivity index (χ2n) is 7.68. The van der Waals surface area contributed by atoms with Crippen molar-refractivity contribution in [2.24, 2.45) is 5.92 Å². The maximum absolute atomic E-state index is 6.03. The maximum atomic E-state index is 6.03. The summed E-state index contributed by atoms with van der Waals surface area (Å²) in [5.74, 6) is 2.17. The van der Waals surface area contributed by atoms with Crippen LogP contribution < -0.4 is 14.8 Å². The van der Waals surface area contributed by atoms with E-state index in [-0.39, 0.29) is 0 Å². The number of hydrogen-bond donors (Lipinski definition) is 2. The molecule has 1 aliphatic rings. The molecule has 2 N–H and O–H groups in total. The first kappa shape index (κ1) is 17.9. The molecule has 5 rings (SSSR count). The van der Waals surface area contributed by atoms with Crippen LogP contribution in [0.4, 0.5) is 0 Å². The molecule has 0 unspecified atom stereocenters. The van der Waals surface area contributed by atoms with Crippen LogP contribution in [0.2, 0.25) is 0 Å². The lowest BCUT2D eigenvalue weighted by molar-refractivity contribution is 0.215. The highest BCUT2D eigenvalue weighted by molar-refractivity contribution is 5.82. The lowest BCUT2D eigenvalue weighted by atomic mass is 9.99. The molecule has 0 aliphatic carbocycles. The highest BCUT2D eigenvalue weighted by Gasteiger charge is 2.14. The van der Waals surface area contributed by atoms with Gasteiger partial charge in [-0.2, -0.15) is 4.98 Å². The van der Waals surface area contributed by atoms with E-state index in [4.69, 9.17) is 9.47 Å². The summed E-state index contributed by atoms with van der Waals surface area (Å²) in [5, 5.41) is 5.45. The molecule has 29 heavy (non-hydrogen) atoms. The molecule has 6 heteroatoms. The Balaban J connectivity index is 1.33. The van der Waals surface area contributed by atoms with Gasteiger partial charge in [0.1, 0.15) is 11.5 Å². The summed E-state index contributed by atoms with van der Waals surface area (Å²) in [7, 11) is 0. The number of nitrogens with one attached hydrogen (secondary N) is 2. The minimum absolute atomic E-state index is 0.333. The van der Waals surface area contributed by atoms with Crippen molar-refractivity contribution in [1.29, 1.82) is 0 Å². The van der Waals surface area contributed by atoms with Crippen molar-refractivity contribution < 1.29 is 9.47 Å². The van der Waals surface area contributed by atoms with Gasteiger partial charge in [0.2, 0.25) is 0 Å². The van der Waals surface area contributed by atoms with Gasteiger partial charge in [0.25, 0.3) is 0 Å². The third-order valence-corrected chi connectivity index (χ3v) is 5.41. The van der Waals surface area contributed by atoms with E-state index in [1.54, 1.807) is 6.20 Å². The number of piperidine rings is 1. The van der Waals surface area contributed by atoms with Crippen LogP contribution in [0, 0.1) is 12.8 Å². The van der Waals surface area contributed by atoms with Crippen LogP contribution in [0.5, 0.6) is 17.5 Å². The number of ether oxygens (including phenoxy) is 2. The highest BCUT2D eigenvalue weighted by atomic mass is 16.5. The Morgan fingerprint density at radius 2 is 1.86 bits per heavy atom. The topological polar surface area (TPSA) is 72.1 Å². The van der Waals surface area contributed by atoms with Crippen LogP contribution in [-0.2, 0) is 0 Å². The van der Waals surface area contributed by atoms with E-state index in [0.29, 0.717) is 17.7 Å². The minimum Gasteiger partial charge on any atom is -0.493 e. The number of fused-ring (bicyclic) bond motifs is 2. The molecule has 0 bridgehead atoms. The van der Waals surface area contributed by atoms with Crippen LogP contribution in [0.25, 0.3) is 21.8 Å². The van der Waals surface area contributed by atoms with E-state index in [9.17, 15) is 0 Å². The molecule has 1 saturated heterocycles. The first-order valence-corrected chi connectivity index (χ1v) is 10.1. The van der Waals surface area contributed by atoms with E-state index in [0.717, 1.165) is 52.9 Å². The Bertz CT molecular complexity index is 1150. The summed E-state index contributed by atoms with van der Waals surface area (Å²) < 4.78 is 11.9. The number of nitrogens with zero attached hydrogens (tertiary/aromatic N) is 2. The number of aryl methyl sites for hydroxylation is 1. The van der Waals surface area contributed by atoms with Gasteiger partial charge in [-0.05, 0) is 75.2 Å². The van der Waals surface area contributed by atoms with E-state index >= 15 is 0 Å². The molecule has 2 aromatic heterocycles. The lowest BCUT2D eigenvalue weighted by Gasteiger charge is -2.22. The number of rotatable bonds is 5. The van der Waals surface area contributed by atoms with Gasteiger partial charge in [-0.3, -0.25) is 0 Å². The summed E-state index contributed by atoms with van der Waals surface area (Å²) in [6, 6.07) is 14.3. The summed E-state index contributed by atoms with van der Waals surface area (Å²) in [6.07, 6.45) is 4.12. The molecule has 3 heterocycles. The Morgan fingerprint density at radius 1 is 1.00 bits per heavy atom. The lowest BCUT2D eigenvalue weighted by Crippen LogP contribution is -2.30. The molecule has 1 fully saturated rings. The zero-order valence-electron chi connectivity index (χ0n) is 16.4. The van der Waals surface area contributed by atoms with Gasteiger partial charge >= 0.3 is 6.01 Å². The van der Waals surface area contributed by atoms with Crippen molar-refractivity contribution in [1.82, 2.24) is 20.3 Å². The Kier molecular flexibility index (Phi) is 4.77. The van der Waals surface area contributed by atoms with Gasteiger partial charge in [-0.15, -0.1) is 0 Å². The third kappa shape index (κ3) is 4.03. The normalized spacial score (nSPS) is 15.1. The van der Waals surface area contributed by atoms with Crippen LogP contribution in [-0.4, -0.2) is 34.6 Å². The maximum Gasteiger partial charge on any atom is 0.322 e. The molecule has 1 aliphatic heterocycles. The van der Waals surface area contributed by atoms with Crippen molar-refractivity contribution in [2.45, 2.75) is 19.8 Å². The second kappa shape index (κ2) is 7.72. The molecule has 0 atom stereocenters. The highest BCUT2D eigenvalue weighted by Crippen LogP contribution is 2.26. The summed E-state index contributed by atoms with van der Waals surface area (Å²) in [5.41, 5.74) is 3.03. The number of benzene rings is 2. The number of aromatic nitrogens is 3. The fraction of sp³-hybridized carbons (Fsp3) is 0.304. The average molecular weight is 388 g/mol. The van der Waals surface area contributed by atoms with Crippen molar-refractivity contribution in [2.75, 3.05) is 19.7 Å². The van der Waals surface area contributed by atoms with E-state index in [2.05, 4.69) is 26.3 Å². The van der Waals surface area contributed by atoms with Gasteiger partial charge in [-0.25, -0.2) is 4.98 Å². The van der Waals surface area contributed by atoms with Gasteiger partial charge < -0.3 is 19.8 Å². The van der Waals surface area contributed by atoms with Crippen LogP contribution in [0.3, 0.4) is 0 Å². The van der Waals surface area contributed by atoms with Gasteiger partial charge in [0.15, 0.2) is 0 Å². The van der Waals surface area contributed by atoms with Crippen molar-refractivity contribution >= 4 is 21.8 Å². The predicted octanol–water partition coefficient (Wildman–Crippen LogP) is 4.59. The Labute approximate surface area is 169 Å². The Morgan fingerprint density at radius 3 is 2.76 bits per heavy atom. The van der Waals surface area contributed by atoms with Gasteiger partial charge in [0, 0.05) is 34.2 Å². The van der Waals surface area contributed by atoms with Crippen LogP contribution >= 0.6 is 0 Å². The number of H-pyrrole nitrogens is 1. The molecule has 2 aromatic carbocycles. The first-order chi connectivity index (χ1) is 14.2. The molecule has 0 saturated carbocycles. The molecule has 0 spiro atoms. The fourth-order valence-corrected chi connectivity index (χ4v) is 3.81.